The lowest BCUT2D eigenvalue weighted by atomic mass is 10.2. The van der Waals surface area contributed by atoms with Gasteiger partial charge < -0.3 is 9.47 Å². The van der Waals surface area contributed by atoms with Gasteiger partial charge in [-0.25, -0.2) is 0 Å². The molecule has 0 atom stereocenters. The summed E-state index contributed by atoms with van der Waals surface area (Å²) in [6.45, 7) is 0.209. The normalized spacial score (nSPS) is 9.58. The zero-order valence-electron chi connectivity index (χ0n) is 7.26. The summed E-state index contributed by atoms with van der Waals surface area (Å²) in [5.74, 6) is 1.50. The van der Waals surface area contributed by atoms with Gasteiger partial charge in [-0.15, -0.1) is 0 Å². The number of hydrogen-bond acceptors (Lipinski definition) is 2. The maximum atomic E-state index is 7.22. The molecule has 1 N–H and O–H groups in total. The summed E-state index contributed by atoms with van der Waals surface area (Å²) in [6, 6.07) is 5.44. The lowest BCUT2D eigenvalue weighted by Gasteiger charge is -2.07. The van der Waals surface area contributed by atoms with Crippen LogP contribution in [0.25, 0.3) is 0 Å². The molecule has 1 aromatic carbocycles. The Balaban J connectivity index is 3.02. The SMILES string of the molecule is COc1ccc(OC)c(C[NH])c1. The molecule has 0 heterocycles. The first-order valence-electron chi connectivity index (χ1n) is 3.67. The smallest absolute Gasteiger partial charge is 0.123 e. The Morgan fingerprint density at radius 1 is 1.25 bits per heavy atom. The van der Waals surface area contributed by atoms with Crippen LogP contribution in [0, 0.1) is 0 Å². The van der Waals surface area contributed by atoms with E-state index in [0.717, 1.165) is 17.1 Å². The Kier molecular flexibility index (Phi) is 2.94. The Morgan fingerprint density at radius 3 is 2.50 bits per heavy atom. The molecule has 1 rings (SSSR count). The van der Waals surface area contributed by atoms with Gasteiger partial charge >= 0.3 is 0 Å². The molecular formula is C9H12NO2. The summed E-state index contributed by atoms with van der Waals surface area (Å²) < 4.78 is 10.1. The van der Waals surface area contributed by atoms with Crippen molar-refractivity contribution in [2.24, 2.45) is 0 Å². The number of benzene rings is 1. The van der Waals surface area contributed by atoms with Crippen LogP contribution in [0.2, 0.25) is 0 Å². The van der Waals surface area contributed by atoms with E-state index in [-0.39, 0.29) is 6.54 Å². The quantitative estimate of drug-likeness (QED) is 0.682. The lowest BCUT2D eigenvalue weighted by molar-refractivity contribution is 0.398. The Morgan fingerprint density at radius 2 is 2.00 bits per heavy atom. The minimum Gasteiger partial charge on any atom is -0.497 e. The van der Waals surface area contributed by atoms with E-state index < -0.39 is 0 Å². The summed E-state index contributed by atoms with van der Waals surface area (Å²) in [5.41, 5.74) is 8.07. The van der Waals surface area contributed by atoms with Crippen molar-refractivity contribution in [3.8, 4) is 11.5 Å². The van der Waals surface area contributed by atoms with E-state index in [1.54, 1.807) is 14.2 Å². The minimum absolute atomic E-state index is 0.209. The van der Waals surface area contributed by atoms with Crippen LogP contribution in [0.3, 0.4) is 0 Å². The standard InChI is InChI=1S/C9H12NO2/c1-11-8-3-4-9(12-2)7(5-8)6-10/h3-5,10H,6H2,1-2H3. The molecule has 0 amide bonds. The molecule has 65 valence electrons. The molecule has 0 aliphatic heterocycles. The van der Waals surface area contributed by atoms with E-state index in [1.165, 1.54) is 0 Å². The molecule has 3 heteroatoms. The van der Waals surface area contributed by atoms with Gasteiger partial charge in [0.05, 0.1) is 14.2 Å². The third-order valence-electron chi connectivity index (χ3n) is 1.68. The van der Waals surface area contributed by atoms with Crippen molar-refractivity contribution in [3.05, 3.63) is 23.8 Å². The monoisotopic (exact) mass is 166 g/mol. The molecule has 0 saturated heterocycles. The fourth-order valence-corrected chi connectivity index (χ4v) is 1.02. The highest BCUT2D eigenvalue weighted by Crippen LogP contribution is 2.23. The van der Waals surface area contributed by atoms with E-state index in [9.17, 15) is 0 Å². The second-order valence-corrected chi connectivity index (χ2v) is 2.35. The van der Waals surface area contributed by atoms with Crippen molar-refractivity contribution < 1.29 is 9.47 Å². The molecule has 3 nitrogen and oxygen atoms in total. The Labute approximate surface area is 72.1 Å². The third kappa shape index (κ3) is 1.68. The van der Waals surface area contributed by atoms with Gasteiger partial charge in [0.2, 0.25) is 0 Å². The highest BCUT2D eigenvalue weighted by Gasteiger charge is 2.01. The third-order valence-corrected chi connectivity index (χ3v) is 1.68. The van der Waals surface area contributed by atoms with Crippen molar-refractivity contribution in [2.45, 2.75) is 6.54 Å². The fourth-order valence-electron chi connectivity index (χ4n) is 1.02. The summed E-state index contributed by atoms with van der Waals surface area (Å²) in [6.07, 6.45) is 0. The van der Waals surface area contributed by atoms with Crippen LogP contribution in [-0.4, -0.2) is 14.2 Å². The van der Waals surface area contributed by atoms with Crippen LogP contribution in [-0.2, 0) is 6.54 Å². The summed E-state index contributed by atoms with van der Waals surface area (Å²) >= 11 is 0. The molecule has 0 aromatic heterocycles. The van der Waals surface area contributed by atoms with E-state index in [1.807, 2.05) is 18.2 Å². The van der Waals surface area contributed by atoms with Gasteiger partial charge in [-0.1, -0.05) is 0 Å². The van der Waals surface area contributed by atoms with Crippen LogP contribution in [0.1, 0.15) is 5.56 Å². The second kappa shape index (κ2) is 3.97. The first-order valence-corrected chi connectivity index (χ1v) is 3.67. The van der Waals surface area contributed by atoms with Gasteiger partial charge in [0, 0.05) is 12.1 Å². The maximum Gasteiger partial charge on any atom is 0.123 e. The molecule has 1 aromatic rings. The van der Waals surface area contributed by atoms with Crippen molar-refractivity contribution >= 4 is 0 Å². The highest BCUT2D eigenvalue weighted by atomic mass is 16.5. The predicted molar refractivity (Wildman–Crippen MR) is 46.3 cm³/mol. The van der Waals surface area contributed by atoms with Crippen molar-refractivity contribution in [1.29, 1.82) is 0 Å². The van der Waals surface area contributed by atoms with Crippen LogP contribution < -0.4 is 15.2 Å². The van der Waals surface area contributed by atoms with E-state index >= 15 is 0 Å². The molecule has 0 unspecified atom stereocenters. The van der Waals surface area contributed by atoms with Gasteiger partial charge in [0.1, 0.15) is 11.5 Å². The maximum absolute atomic E-state index is 7.22. The van der Waals surface area contributed by atoms with Gasteiger partial charge in [0.15, 0.2) is 0 Å². The number of nitrogens with one attached hydrogen (secondary N) is 1. The zero-order valence-corrected chi connectivity index (χ0v) is 7.26. The van der Waals surface area contributed by atoms with Crippen LogP contribution in [0.5, 0.6) is 11.5 Å². The van der Waals surface area contributed by atoms with Crippen molar-refractivity contribution in [3.63, 3.8) is 0 Å². The molecule has 0 bridgehead atoms. The molecule has 0 aliphatic rings. The first-order chi connectivity index (χ1) is 5.81. The van der Waals surface area contributed by atoms with E-state index in [4.69, 9.17) is 15.2 Å². The van der Waals surface area contributed by atoms with Gasteiger partial charge in [0.25, 0.3) is 0 Å². The molecule has 0 spiro atoms. The Bertz CT molecular complexity index is 261. The van der Waals surface area contributed by atoms with Crippen molar-refractivity contribution in [2.75, 3.05) is 14.2 Å². The largest absolute Gasteiger partial charge is 0.497 e. The molecule has 0 fully saturated rings. The van der Waals surface area contributed by atoms with Gasteiger partial charge in [-0.05, 0) is 18.2 Å². The van der Waals surface area contributed by atoms with Crippen LogP contribution in [0.15, 0.2) is 18.2 Å². The van der Waals surface area contributed by atoms with Crippen molar-refractivity contribution in [1.82, 2.24) is 5.73 Å². The highest BCUT2D eigenvalue weighted by molar-refractivity contribution is 5.39. The Hall–Kier alpha value is -1.22. The topological polar surface area (TPSA) is 42.3 Å². The number of rotatable bonds is 3. The molecule has 12 heavy (non-hydrogen) atoms. The van der Waals surface area contributed by atoms with Gasteiger partial charge in [-0.3, -0.25) is 5.73 Å². The number of ether oxygens (including phenoxy) is 2. The minimum atomic E-state index is 0.209. The lowest BCUT2D eigenvalue weighted by Crippen LogP contribution is -1.93. The second-order valence-electron chi connectivity index (χ2n) is 2.35. The van der Waals surface area contributed by atoms with E-state index in [2.05, 4.69) is 0 Å². The average Bonchev–Trinajstić information content (AvgIpc) is 2.16. The molecule has 0 aliphatic carbocycles. The van der Waals surface area contributed by atoms with Crippen LogP contribution >= 0.6 is 0 Å². The molecular weight excluding hydrogens is 154 g/mol. The van der Waals surface area contributed by atoms with E-state index in [0.29, 0.717) is 0 Å². The fraction of sp³-hybridized carbons (Fsp3) is 0.333. The number of methoxy groups -OCH3 is 2. The number of hydrogen-bond donors (Lipinski definition) is 0. The van der Waals surface area contributed by atoms with Crippen LogP contribution in [0.4, 0.5) is 0 Å². The molecule has 1 radical (unpaired) electrons. The predicted octanol–water partition coefficient (Wildman–Crippen LogP) is 1.49. The first kappa shape index (κ1) is 8.87. The zero-order chi connectivity index (χ0) is 8.97. The van der Waals surface area contributed by atoms with Gasteiger partial charge in [-0.2, -0.15) is 0 Å². The summed E-state index contributed by atoms with van der Waals surface area (Å²) in [5, 5.41) is 0. The average molecular weight is 166 g/mol. The molecule has 0 saturated carbocycles. The summed E-state index contributed by atoms with van der Waals surface area (Å²) in [7, 11) is 3.20. The summed E-state index contributed by atoms with van der Waals surface area (Å²) in [4.78, 5) is 0.